The van der Waals surface area contributed by atoms with E-state index in [1.807, 2.05) is 25.1 Å². The zero-order valence-corrected chi connectivity index (χ0v) is 10.4. The average molecular weight is 279 g/mol. The number of nitrogens with zero attached hydrogens (tertiary/aromatic N) is 2. The second-order valence-corrected chi connectivity index (χ2v) is 4.40. The zero-order valence-electron chi connectivity index (χ0n) is 8.81. The van der Waals surface area contributed by atoms with Crippen molar-refractivity contribution in [2.24, 2.45) is 0 Å². The van der Waals surface area contributed by atoms with E-state index < -0.39 is 0 Å². The van der Waals surface area contributed by atoms with E-state index >= 15 is 0 Å². The first kappa shape index (κ1) is 11.2. The van der Waals surface area contributed by atoms with Gasteiger partial charge in [0.1, 0.15) is 0 Å². The lowest BCUT2D eigenvalue weighted by molar-refractivity contribution is 0.277. The van der Waals surface area contributed by atoms with Gasteiger partial charge in [0.05, 0.1) is 12.3 Å². The third-order valence-electron chi connectivity index (χ3n) is 2.30. The topological polar surface area (TPSA) is 46.0 Å². The van der Waals surface area contributed by atoms with Crippen molar-refractivity contribution in [3.63, 3.8) is 0 Å². The highest BCUT2D eigenvalue weighted by Gasteiger charge is 2.05. The maximum absolute atomic E-state index is 9.02. The third kappa shape index (κ3) is 2.28. The molecular weight excluding hydrogens is 268 g/mol. The van der Waals surface area contributed by atoms with Crippen LogP contribution < -0.4 is 0 Å². The molecule has 0 radical (unpaired) electrons. The monoisotopic (exact) mass is 278 g/mol. The lowest BCUT2D eigenvalue weighted by Gasteiger charge is -2.05. The summed E-state index contributed by atoms with van der Waals surface area (Å²) in [6.45, 7) is 1.94. The van der Waals surface area contributed by atoms with E-state index in [9.17, 15) is 0 Å². The third-order valence-corrected chi connectivity index (χ3v) is 2.80. The van der Waals surface area contributed by atoms with Crippen LogP contribution >= 0.6 is 15.9 Å². The van der Waals surface area contributed by atoms with E-state index in [1.54, 1.807) is 12.3 Å². The maximum atomic E-state index is 9.02. The van der Waals surface area contributed by atoms with E-state index in [4.69, 9.17) is 5.11 Å². The van der Waals surface area contributed by atoms with E-state index in [1.165, 1.54) is 0 Å². The summed E-state index contributed by atoms with van der Waals surface area (Å²) in [5.74, 6) is 0.650. The molecule has 2 aromatic rings. The Bertz CT molecular complexity index is 514. The number of hydrogen-bond donors (Lipinski definition) is 1. The Hall–Kier alpha value is -1.26. The lowest BCUT2D eigenvalue weighted by Crippen LogP contribution is -1.95. The van der Waals surface area contributed by atoms with Crippen molar-refractivity contribution in [3.05, 3.63) is 46.2 Å². The smallest absolute Gasteiger partial charge is 0.159 e. The number of benzene rings is 1. The highest BCUT2D eigenvalue weighted by Crippen LogP contribution is 2.23. The van der Waals surface area contributed by atoms with Crippen LogP contribution in [0.5, 0.6) is 0 Å². The standard InChI is InChI=1S/C12H11BrN2O/c1-8-6-9(13)2-3-11(8)12-14-5-4-10(7-16)15-12/h2-6,16H,7H2,1H3. The van der Waals surface area contributed by atoms with Crippen LogP contribution in [0, 0.1) is 6.92 Å². The van der Waals surface area contributed by atoms with Gasteiger partial charge in [0.2, 0.25) is 0 Å². The molecule has 2 rings (SSSR count). The highest BCUT2D eigenvalue weighted by atomic mass is 79.9. The number of aromatic nitrogens is 2. The van der Waals surface area contributed by atoms with Gasteiger partial charge in [-0.2, -0.15) is 0 Å². The molecule has 1 aromatic heterocycles. The van der Waals surface area contributed by atoms with Crippen molar-refractivity contribution in [3.8, 4) is 11.4 Å². The van der Waals surface area contributed by atoms with E-state index in [0.29, 0.717) is 11.5 Å². The minimum absolute atomic E-state index is 0.0644. The Kier molecular flexibility index (Phi) is 3.31. The van der Waals surface area contributed by atoms with Gasteiger partial charge in [-0.05, 0) is 36.8 Å². The average Bonchev–Trinajstić information content (AvgIpc) is 2.29. The molecule has 0 bridgehead atoms. The first-order valence-electron chi connectivity index (χ1n) is 4.90. The molecular formula is C12H11BrN2O. The van der Waals surface area contributed by atoms with E-state index in [-0.39, 0.29) is 6.61 Å². The summed E-state index contributed by atoms with van der Waals surface area (Å²) in [5.41, 5.74) is 2.72. The normalized spacial score (nSPS) is 10.4. The van der Waals surface area contributed by atoms with Gasteiger partial charge in [-0.3, -0.25) is 0 Å². The minimum Gasteiger partial charge on any atom is -0.390 e. The molecule has 82 valence electrons. The lowest BCUT2D eigenvalue weighted by atomic mass is 10.1. The molecule has 1 heterocycles. The Morgan fingerprint density at radius 3 is 2.81 bits per heavy atom. The van der Waals surface area contributed by atoms with Gasteiger partial charge < -0.3 is 5.11 Å². The molecule has 1 aromatic carbocycles. The van der Waals surface area contributed by atoms with Crippen molar-refractivity contribution in [1.29, 1.82) is 0 Å². The van der Waals surface area contributed by atoms with Gasteiger partial charge in [-0.1, -0.05) is 15.9 Å². The largest absolute Gasteiger partial charge is 0.390 e. The molecule has 0 aliphatic heterocycles. The van der Waals surface area contributed by atoms with Crippen LogP contribution in [0.4, 0.5) is 0 Å². The molecule has 0 saturated carbocycles. The number of rotatable bonds is 2. The molecule has 0 fully saturated rings. The number of aliphatic hydroxyl groups is 1. The summed E-state index contributed by atoms with van der Waals surface area (Å²) in [6.07, 6.45) is 1.66. The Balaban J connectivity index is 2.49. The molecule has 0 unspecified atom stereocenters. The van der Waals surface area contributed by atoms with Crippen LogP contribution in [0.2, 0.25) is 0 Å². The van der Waals surface area contributed by atoms with Gasteiger partial charge in [0.15, 0.2) is 5.82 Å². The SMILES string of the molecule is Cc1cc(Br)ccc1-c1nccc(CO)n1. The van der Waals surface area contributed by atoms with Crippen molar-refractivity contribution < 1.29 is 5.11 Å². The van der Waals surface area contributed by atoms with Gasteiger partial charge in [0.25, 0.3) is 0 Å². The number of aryl methyl sites for hydroxylation is 1. The van der Waals surface area contributed by atoms with Gasteiger partial charge in [-0.25, -0.2) is 9.97 Å². The maximum Gasteiger partial charge on any atom is 0.159 e. The Labute approximate surface area is 102 Å². The predicted octanol–water partition coefficient (Wildman–Crippen LogP) is 2.71. The van der Waals surface area contributed by atoms with Crippen molar-refractivity contribution in [2.45, 2.75) is 13.5 Å². The second-order valence-electron chi connectivity index (χ2n) is 3.49. The van der Waals surface area contributed by atoms with E-state index in [2.05, 4.69) is 25.9 Å². The second kappa shape index (κ2) is 4.72. The molecule has 0 atom stereocenters. The quantitative estimate of drug-likeness (QED) is 0.919. The summed E-state index contributed by atoms with van der Waals surface area (Å²) in [5, 5.41) is 9.02. The van der Waals surface area contributed by atoms with Gasteiger partial charge in [0, 0.05) is 16.2 Å². The molecule has 3 nitrogen and oxygen atoms in total. The fraction of sp³-hybridized carbons (Fsp3) is 0.167. The Morgan fingerprint density at radius 1 is 1.31 bits per heavy atom. The first-order chi connectivity index (χ1) is 7.70. The minimum atomic E-state index is -0.0644. The number of halogens is 1. The molecule has 0 aliphatic carbocycles. The van der Waals surface area contributed by atoms with E-state index in [0.717, 1.165) is 15.6 Å². The summed E-state index contributed by atoms with van der Waals surface area (Å²) < 4.78 is 1.03. The zero-order chi connectivity index (χ0) is 11.5. The highest BCUT2D eigenvalue weighted by molar-refractivity contribution is 9.10. The molecule has 4 heteroatoms. The summed E-state index contributed by atoms with van der Waals surface area (Å²) in [7, 11) is 0. The first-order valence-corrected chi connectivity index (χ1v) is 5.69. The van der Waals surface area contributed by atoms with Crippen LogP contribution in [-0.2, 0) is 6.61 Å². The Morgan fingerprint density at radius 2 is 2.12 bits per heavy atom. The van der Waals surface area contributed by atoms with Crippen LogP contribution in [-0.4, -0.2) is 15.1 Å². The molecule has 0 spiro atoms. The number of aliphatic hydroxyl groups excluding tert-OH is 1. The van der Waals surface area contributed by atoms with Gasteiger partial charge >= 0.3 is 0 Å². The molecule has 0 aliphatic rings. The summed E-state index contributed by atoms with van der Waals surface area (Å²) >= 11 is 3.42. The summed E-state index contributed by atoms with van der Waals surface area (Å²) in [4.78, 5) is 8.49. The molecule has 1 N–H and O–H groups in total. The van der Waals surface area contributed by atoms with Crippen LogP contribution in [0.3, 0.4) is 0 Å². The summed E-state index contributed by atoms with van der Waals surface area (Å²) in [6, 6.07) is 7.65. The van der Waals surface area contributed by atoms with Crippen LogP contribution in [0.1, 0.15) is 11.3 Å². The number of hydrogen-bond acceptors (Lipinski definition) is 3. The van der Waals surface area contributed by atoms with Crippen LogP contribution in [0.25, 0.3) is 11.4 Å². The molecule has 0 amide bonds. The van der Waals surface area contributed by atoms with Crippen LogP contribution in [0.15, 0.2) is 34.9 Å². The van der Waals surface area contributed by atoms with Crippen molar-refractivity contribution in [1.82, 2.24) is 9.97 Å². The van der Waals surface area contributed by atoms with Crippen molar-refractivity contribution in [2.75, 3.05) is 0 Å². The fourth-order valence-electron chi connectivity index (χ4n) is 1.49. The van der Waals surface area contributed by atoms with Crippen molar-refractivity contribution >= 4 is 15.9 Å². The molecule has 0 saturated heterocycles. The fourth-order valence-corrected chi connectivity index (χ4v) is 1.97. The molecule has 16 heavy (non-hydrogen) atoms. The predicted molar refractivity (Wildman–Crippen MR) is 65.8 cm³/mol. The van der Waals surface area contributed by atoms with Gasteiger partial charge in [-0.15, -0.1) is 0 Å².